The first-order valence-electron chi connectivity index (χ1n) is 6.50. The Bertz CT molecular complexity index is 480. The molecular weight excluding hydrogens is 283 g/mol. The van der Waals surface area contributed by atoms with E-state index in [-0.39, 0.29) is 29.8 Å². The molecule has 1 aromatic carbocycles. The van der Waals surface area contributed by atoms with Gasteiger partial charge in [0.15, 0.2) is 0 Å². The molecule has 1 unspecified atom stereocenters. The second kappa shape index (κ2) is 7.39. The van der Waals surface area contributed by atoms with E-state index in [9.17, 15) is 14.0 Å². The molecule has 0 N–H and O–H groups in total. The molecular formula is C15H18ClFO3. The topological polar surface area (TPSA) is 43.4 Å². The molecule has 0 fully saturated rings. The van der Waals surface area contributed by atoms with E-state index in [2.05, 4.69) is 0 Å². The summed E-state index contributed by atoms with van der Waals surface area (Å²) in [6.45, 7) is 5.30. The van der Waals surface area contributed by atoms with Crippen molar-refractivity contribution in [2.45, 2.75) is 27.2 Å². The lowest BCUT2D eigenvalue weighted by atomic mass is 9.89. The zero-order valence-corrected chi connectivity index (χ0v) is 12.5. The van der Waals surface area contributed by atoms with E-state index in [0.29, 0.717) is 5.56 Å². The molecule has 20 heavy (non-hydrogen) atoms. The second-order valence-corrected chi connectivity index (χ2v) is 5.28. The Morgan fingerprint density at radius 3 is 2.45 bits per heavy atom. The summed E-state index contributed by atoms with van der Waals surface area (Å²) < 4.78 is 18.2. The van der Waals surface area contributed by atoms with Crippen molar-refractivity contribution >= 4 is 23.4 Å². The van der Waals surface area contributed by atoms with Gasteiger partial charge in [0.1, 0.15) is 17.5 Å². The molecule has 0 aliphatic heterocycles. The number of ether oxygens (including phenoxy) is 1. The van der Waals surface area contributed by atoms with E-state index in [4.69, 9.17) is 16.3 Å². The maximum absolute atomic E-state index is 13.3. The monoisotopic (exact) mass is 300 g/mol. The Kier molecular flexibility index (Phi) is 6.14. The molecule has 3 nitrogen and oxygen atoms in total. The minimum absolute atomic E-state index is 0.0906. The van der Waals surface area contributed by atoms with E-state index < -0.39 is 17.7 Å². The number of halogens is 2. The summed E-state index contributed by atoms with van der Waals surface area (Å²) in [7, 11) is 0. The van der Waals surface area contributed by atoms with Crippen LogP contribution in [0.3, 0.4) is 0 Å². The molecule has 0 saturated carbocycles. The maximum Gasteiger partial charge on any atom is 0.316 e. The summed E-state index contributed by atoms with van der Waals surface area (Å²) in [5, 5.41) is 0.236. The number of carbonyl (C=O) groups is 2. The standard InChI is InChI=1S/C15H18ClFO3/c1-4-20-15(19)13(14(18)9(2)3)7-10-5-11(16)8-12(17)6-10/h5-6,8-9,13H,4,7H2,1-3H3. The van der Waals surface area contributed by atoms with Crippen molar-refractivity contribution in [1.29, 1.82) is 0 Å². The van der Waals surface area contributed by atoms with Crippen LogP contribution in [0, 0.1) is 17.7 Å². The van der Waals surface area contributed by atoms with E-state index in [1.165, 1.54) is 12.1 Å². The van der Waals surface area contributed by atoms with E-state index in [1.807, 2.05) is 0 Å². The Balaban J connectivity index is 2.99. The highest BCUT2D eigenvalue weighted by Crippen LogP contribution is 2.20. The molecule has 0 aliphatic rings. The Labute approximate surface area is 123 Å². The fourth-order valence-electron chi connectivity index (χ4n) is 1.91. The highest BCUT2D eigenvalue weighted by molar-refractivity contribution is 6.30. The number of ketones is 1. The lowest BCUT2D eigenvalue weighted by Crippen LogP contribution is -2.31. The fourth-order valence-corrected chi connectivity index (χ4v) is 2.15. The third kappa shape index (κ3) is 4.60. The average Bonchev–Trinajstić information content (AvgIpc) is 2.34. The molecule has 110 valence electrons. The molecule has 1 rings (SSSR count). The van der Waals surface area contributed by atoms with Gasteiger partial charge >= 0.3 is 5.97 Å². The van der Waals surface area contributed by atoms with Crippen molar-refractivity contribution in [3.63, 3.8) is 0 Å². The first-order valence-corrected chi connectivity index (χ1v) is 6.88. The van der Waals surface area contributed by atoms with Crippen molar-refractivity contribution in [3.05, 3.63) is 34.6 Å². The van der Waals surface area contributed by atoms with Crippen molar-refractivity contribution in [2.75, 3.05) is 6.61 Å². The van der Waals surface area contributed by atoms with Crippen LogP contribution < -0.4 is 0 Å². The molecule has 0 aliphatic carbocycles. The molecule has 0 saturated heterocycles. The summed E-state index contributed by atoms with van der Waals surface area (Å²) in [4.78, 5) is 24.0. The number of esters is 1. The van der Waals surface area contributed by atoms with Crippen LogP contribution in [0.15, 0.2) is 18.2 Å². The predicted octanol–water partition coefficient (Wildman–Crippen LogP) is 3.43. The quantitative estimate of drug-likeness (QED) is 0.597. The van der Waals surface area contributed by atoms with Gasteiger partial charge in [-0.25, -0.2) is 4.39 Å². The zero-order valence-electron chi connectivity index (χ0n) is 11.8. The molecule has 0 amide bonds. The minimum Gasteiger partial charge on any atom is -0.465 e. The van der Waals surface area contributed by atoms with Gasteiger partial charge in [0.05, 0.1) is 6.61 Å². The maximum atomic E-state index is 13.3. The normalized spacial score (nSPS) is 12.3. The lowest BCUT2D eigenvalue weighted by Gasteiger charge is -2.16. The van der Waals surface area contributed by atoms with E-state index in [1.54, 1.807) is 26.8 Å². The van der Waals surface area contributed by atoms with Gasteiger partial charge in [-0.15, -0.1) is 0 Å². The third-order valence-corrected chi connectivity index (χ3v) is 3.06. The highest BCUT2D eigenvalue weighted by Gasteiger charge is 2.30. The number of hydrogen-bond acceptors (Lipinski definition) is 3. The zero-order chi connectivity index (χ0) is 15.3. The highest BCUT2D eigenvalue weighted by atomic mass is 35.5. The van der Waals surface area contributed by atoms with Gasteiger partial charge in [0.25, 0.3) is 0 Å². The van der Waals surface area contributed by atoms with Crippen LogP contribution in [0.2, 0.25) is 5.02 Å². The lowest BCUT2D eigenvalue weighted by molar-refractivity contribution is -0.152. The third-order valence-electron chi connectivity index (χ3n) is 2.85. The summed E-state index contributed by atoms with van der Waals surface area (Å²) in [5.74, 6) is -2.51. The van der Waals surface area contributed by atoms with Gasteiger partial charge < -0.3 is 4.74 Å². The van der Waals surface area contributed by atoms with Crippen LogP contribution >= 0.6 is 11.6 Å². The van der Waals surface area contributed by atoms with Crippen LogP contribution in [-0.4, -0.2) is 18.4 Å². The molecule has 0 spiro atoms. The van der Waals surface area contributed by atoms with Gasteiger partial charge in [-0.05, 0) is 37.1 Å². The summed E-state index contributed by atoms with van der Waals surface area (Å²) in [5.41, 5.74) is 0.502. The molecule has 0 radical (unpaired) electrons. The molecule has 0 bridgehead atoms. The fraction of sp³-hybridized carbons (Fsp3) is 0.467. The van der Waals surface area contributed by atoms with E-state index in [0.717, 1.165) is 0 Å². The van der Waals surface area contributed by atoms with Gasteiger partial charge in [0, 0.05) is 10.9 Å². The van der Waals surface area contributed by atoms with Crippen molar-refractivity contribution < 1.29 is 18.7 Å². The van der Waals surface area contributed by atoms with Crippen LogP contribution in [0.25, 0.3) is 0 Å². The first-order chi connectivity index (χ1) is 9.35. The molecule has 0 heterocycles. The van der Waals surface area contributed by atoms with Gasteiger partial charge in [-0.1, -0.05) is 25.4 Å². The first kappa shape index (κ1) is 16.6. The Morgan fingerprint density at radius 2 is 1.95 bits per heavy atom. The van der Waals surface area contributed by atoms with E-state index >= 15 is 0 Å². The SMILES string of the molecule is CCOC(=O)C(Cc1cc(F)cc(Cl)c1)C(=O)C(C)C. The number of carbonyl (C=O) groups excluding carboxylic acids is 2. The second-order valence-electron chi connectivity index (χ2n) is 4.84. The van der Waals surface area contributed by atoms with Gasteiger partial charge in [0.2, 0.25) is 0 Å². The smallest absolute Gasteiger partial charge is 0.316 e. The summed E-state index contributed by atoms with van der Waals surface area (Å²) >= 11 is 5.78. The van der Waals surface area contributed by atoms with Gasteiger partial charge in [-0.3, -0.25) is 9.59 Å². The predicted molar refractivity (Wildman–Crippen MR) is 75.1 cm³/mol. The molecule has 5 heteroatoms. The minimum atomic E-state index is -0.923. The van der Waals surface area contributed by atoms with Gasteiger partial charge in [-0.2, -0.15) is 0 Å². The average molecular weight is 301 g/mol. The van der Waals surface area contributed by atoms with Crippen LogP contribution in [-0.2, 0) is 20.7 Å². The van der Waals surface area contributed by atoms with Crippen molar-refractivity contribution in [1.82, 2.24) is 0 Å². The van der Waals surface area contributed by atoms with Crippen LogP contribution in [0.1, 0.15) is 26.3 Å². The molecule has 1 atom stereocenters. The van der Waals surface area contributed by atoms with Crippen LogP contribution in [0.5, 0.6) is 0 Å². The Morgan fingerprint density at radius 1 is 1.30 bits per heavy atom. The number of Topliss-reactive ketones (excluding diaryl/α,β-unsaturated/α-hetero) is 1. The number of rotatable bonds is 6. The Hall–Kier alpha value is -1.42. The summed E-state index contributed by atoms with van der Waals surface area (Å²) in [6, 6.07) is 3.99. The van der Waals surface area contributed by atoms with Crippen molar-refractivity contribution in [2.24, 2.45) is 11.8 Å². The number of benzene rings is 1. The van der Waals surface area contributed by atoms with Crippen molar-refractivity contribution in [3.8, 4) is 0 Å². The largest absolute Gasteiger partial charge is 0.465 e. The number of hydrogen-bond donors (Lipinski definition) is 0. The summed E-state index contributed by atoms with van der Waals surface area (Å²) in [6.07, 6.45) is 0.0906. The molecule has 1 aromatic rings. The van der Waals surface area contributed by atoms with Crippen LogP contribution in [0.4, 0.5) is 4.39 Å². The molecule has 0 aromatic heterocycles.